The number of pyridine rings is 1. The zero-order valence-corrected chi connectivity index (χ0v) is 12.0. The van der Waals surface area contributed by atoms with Crippen molar-refractivity contribution in [3.8, 4) is 0 Å². The van der Waals surface area contributed by atoms with Crippen LogP contribution >= 0.6 is 11.6 Å². The molecule has 100 valence electrons. The van der Waals surface area contributed by atoms with Crippen molar-refractivity contribution in [2.75, 3.05) is 13.1 Å². The first-order valence-corrected chi connectivity index (χ1v) is 7.10. The Bertz CT molecular complexity index is 375. The molecule has 0 aromatic carbocycles. The zero-order chi connectivity index (χ0) is 13.0. The van der Waals surface area contributed by atoms with Crippen molar-refractivity contribution >= 4 is 11.6 Å². The predicted octanol–water partition coefficient (Wildman–Crippen LogP) is 2.70. The number of nitrogens with one attached hydrogen (secondary N) is 1. The van der Waals surface area contributed by atoms with Crippen LogP contribution in [0, 0.1) is 0 Å². The van der Waals surface area contributed by atoms with Gasteiger partial charge in [-0.15, -0.1) is 0 Å². The lowest BCUT2D eigenvalue weighted by atomic mass is 10.1. The fourth-order valence-electron chi connectivity index (χ4n) is 2.40. The van der Waals surface area contributed by atoms with Gasteiger partial charge in [0.2, 0.25) is 0 Å². The highest BCUT2D eigenvalue weighted by molar-refractivity contribution is 6.31. The fourth-order valence-corrected chi connectivity index (χ4v) is 2.58. The molecule has 0 amide bonds. The molecule has 0 bridgehead atoms. The largest absolute Gasteiger partial charge is 0.313 e. The normalized spacial score (nSPS) is 19.9. The van der Waals surface area contributed by atoms with E-state index >= 15 is 0 Å². The lowest BCUT2D eigenvalue weighted by molar-refractivity contribution is 0.194. The molecule has 0 saturated carbocycles. The molecular weight excluding hydrogens is 246 g/mol. The summed E-state index contributed by atoms with van der Waals surface area (Å²) in [6.45, 7) is 7.63. The van der Waals surface area contributed by atoms with Crippen LogP contribution in [-0.2, 0) is 6.54 Å². The van der Waals surface area contributed by atoms with Crippen molar-refractivity contribution in [1.82, 2.24) is 15.2 Å². The minimum Gasteiger partial charge on any atom is -0.313 e. The molecule has 1 atom stereocenters. The predicted molar refractivity (Wildman–Crippen MR) is 75.8 cm³/mol. The highest BCUT2D eigenvalue weighted by atomic mass is 35.5. The lowest BCUT2D eigenvalue weighted by Gasteiger charge is -2.29. The van der Waals surface area contributed by atoms with Gasteiger partial charge in [0.15, 0.2) is 0 Å². The van der Waals surface area contributed by atoms with Gasteiger partial charge in [-0.25, -0.2) is 0 Å². The average Bonchev–Trinajstić information content (AvgIpc) is 2.83. The number of aromatic nitrogens is 1. The molecule has 0 spiro atoms. The number of halogens is 1. The van der Waals surface area contributed by atoms with Gasteiger partial charge in [-0.3, -0.25) is 9.88 Å². The van der Waals surface area contributed by atoms with Crippen LogP contribution in [0.4, 0.5) is 0 Å². The number of rotatable bonds is 5. The molecule has 1 aromatic heterocycles. The summed E-state index contributed by atoms with van der Waals surface area (Å²) >= 11 is 6.18. The maximum absolute atomic E-state index is 6.18. The van der Waals surface area contributed by atoms with E-state index in [0.29, 0.717) is 12.1 Å². The summed E-state index contributed by atoms with van der Waals surface area (Å²) < 4.78 is 0. The van der Waals surface area contributed by atoms with Crippen LogP contribution in [0.5, 0.6) is 0 Å². The van der Waals surface area contributed by atoms with Crippen LogP contribution in [0.15, 0.2) is 18.5 Å². The Morgan fingerprint density at radius 2 is 2.39 bits per heavy atom. The highest BCUT2D eigenvalue weighted by Gasteiger charge is 2.20. The summed E-state index contributed by atoms with van der Waals surface area (Å²) in [6, 6.07) is 3.17. The molecule has 0 aliphatic carbocycles. The summed E-state index contributed by atoms with van der Waals surface area (Å²) in [7, 11) is 0. The first kappa shape index (κ1) is 13.8. The van der Waals surface area contributed by atoms with E-state index in [1.165, 1.54) is 18.4 Å². The first-order chi connectivity index (χ1) is 8.66. The molecule has 1 N–H and O–H groups in total. The van der Waals surface area contributed by atoms with E-state index in [4.69, 9.17) is 11.6 Å². The van der Waals surface area contributed by atoms with Crippen molar-refractivity contribution in [3.63, 3.8) is 0 Å². The smallest absolute Gasteiger partial charge is 0.0634 e. The third-order valence-corrected chi connectivity index (χ3v) is 3.92. The minimum atomic E-state index is 0.525. The molecule has 2 rings (SSSR count). The van der Waals surface area contributed by atoms with Crippen LogP contribution < -0.4 is 5.32 Å². The van der Waals surface area contributed by atoms with Gasteiger partial charge in [-0.05, 0) is 44.9 Å². The molecule has 1 aliphatic heterocycles. The first-order valence-electron chi connectivity index (χ1n) is 6.72. The molecular formula is C14H22ClN3. The summed E-state index contributed by atoms with van der Waals surface area (Å²) in [5.74, 6) is 0. The van der Waals surface area contributed by atoms with E-state index < -0.39 is 0 Å². The Morgan fingerprint density at radius 1 is 1.56 bits per heavy atom. The Morgan fingerprint density at radius 3 is 3.00 bits per heavy atom. The van der Waals surface area contributed by atoms with Crippen molar-refractivity contribution in [2.24, 2.45) is 0 Å². The molecule has 1 fully saturated rings. The molecule has 3 nitrogen and oxygen atoms in total. The average molecular weight is 268 g/mol. The minimum absolute atomic E-state index is 0.525. The third-order valence-electron chi connectivity index (χ3n) is 3.58. The van der Waals surface area contributed by atoms with Gasteiger partial charge in [0.05, 0.1) is 5.02 Å². The van der Waals surface area contributed by atoms with E-state index in [1.54, 1.807) is 6.20 Å². The van der Waals surface area contributed by atoms with Gasteiger partial charge in [0.25, 0.3) is 0 Å². The second kappa shape index (κ2) is 6.50. The van der Waals surface area contributed by atoms with Crippen LogP contribution in [-0.4, -0.2) is 35.1 Å². The fraction of sp³-hybridized carbons (Fsp3) is 0.643. The van der Waals surface area contributed by atoms with Gasteiger partial charge in [-0.2, -0.15) is 0 Å². The monoisotopic (exact) mass is 267 g/mol. The molecule has 2 heterocycles. The van der Waals surface area contributed by atoms with Crippen molar-refractivity contribution in [2.45, 2.75) is 45.3 Å². The SMILES string of the molecule is CC(C)N(Cc1ccncc1Cl)CC1CCCN1. The summed E-state index contributed by atoms with van der Waals surface area (Å²) in [6.07, 6.45) is 6.12. The van der Waals surface area contributed by atoms with Crippen LogP contribution in [0.1, 0.15) is 32.3 Å². The maximum Gasteiger partial charge on any atom is 0.0634 e. The standard InChI is InChI=1S/C14H22ClN3/c1-11(2)18(10-13-4-3-6-17-13)9-12-5-7-16-8-14(12)15/h5,7-8,11,13,17H,3-4,6,9-10H2,1-2H3. The van der Waals surface area contributed by atoms with E-state index in [2.05, 4.69) is 29.0 Å². The van der Waals surface area contributed by atoms with E-state index in [9.17, 15) is 0 Å². The number of nitrogens with zero attached hydrogens (tertiary/aromatic N) is 2. The molecule has 1 unspecified atom stereocenters. The van der Waals surface area contributed by atoms with Crippen LogP contribution in [0.25, 0.3) is 0 Å². The molecule has 18 heavy (non-hydrogen) atoms. The Balaban J connectivity index is 1.99. The maximum atomic E-state index is 6.18. The van der Waals surface area contributed by atoms with Crippen molar-refractivity contribution in [3.05, 3.63) is 29.0 Å². The van der Waals surface area contributed by atoms with Gasteiger partial charge in [0.1, 0.15) is 0 Å². The summed E-state index contributed by atoms with van der Waals surface area (Å²) in [5.41, 5.74) is 1.17. The van der Waals surface area contributed by atoms with Crippen LogP contribution in [0.3, 0.4) is 0 Å². The Kier molecular flexibility index (Phi) is 4.98. The van der Waals surface area contributed by atoms with Gasteiger partial charge < -0.3 is 5.32 Å². The Labute approximate surface area is 115 Å². The quantitative estimate of drug-likeness (QED) is 0.889. The second-order valence-corrected chi connectivity index (χ2v) is 5.69. The van der Waals surface area contributed by atoms with Gasteiger partial charge in [-0.1, -0.05) is 11.6 Å². The van der Waals surface area contributed by atoms with Crippen molar-refractivity contribution < 1.29 is 0 Å². The highest BCUT2D eigenvalue weighted by Crippen LogP contribution is 2.18. The zero-order valence-electron chi connectivity index (χ0n) is 11.2. The second-order valence-electron chi connectivity index (χ2n) is 5.28. The summed E-state index contributed by atoms with van der Waals surface area (Å²) in [4.78, 5) is 6.51. The lowest BCUT2D eigenvalue weighted by Crippen LogP contribution is -2.40. The molecule has 1 aromatic rings. The third kappa shape index (κ3) is 3.67. The number of hydrogen-bond donors (Lipinski definition) is 1. The molecule has 0 radical (unpaired) electrons. The van der Waals surface area contributed by atoms with E-state index in [1.807, 2.05) is 12.3 Å². The number of hydrogen-bond acceptors (Lipinski definition) is 3. The molecule has 1 aliphatic rings. The summed E-state index contributed by atoms with van der Waals surface area (Å²) in [5, 5.41) is 4.32. The van der Waals surface area contributed by atoms with E-state index in [0.717, 1.165) is 24.7 Å². The van der Waals surface area contributed by atoms with Crippen LogP contribution in [0.2, 0.25) is 5.02 Å². The topological polar surface area (TPSA) is 28.2 Å². The Hall–Kier alpha value is -0.640. The van der Waals surface area contributed by atoms with Gasteiger partial charge >= 0.3 is 0 Å². The van der Waals surface area contributed by atoms with E-state index in [-0.39, 0.29) is 0 Å². The molecule has 4 heteroatoms. The molecule has 1 saturated heterocycles. The van der Waals surface area contributed by atoms with Gasteiger partial charge in [0, 0.05) is 37.6 Å². The van der Waals surface area contributed by atoms with Crippen molar-refractivity contribution in [1.29, 1.82) is 0 Å².